The maximum Gasteiger partial charge on any atom is 0.253 e. The minimum absolute atomic E-state index is 0.0838. The predicted molar refractivity (Wildman–Crippen MR) is 145 cm³/mol. The third-order valence-electron chi connectivity index (χ3n) is 7.90. The number of nitrogens with two attached hydrogens (primary N) is 1. The molecule has 1 aromatic heterocycles. The average molecular weight is 498 g/mol. The van der Waals surface area contributed by atoms with E-state index in [-0.39, 0.29) is 11.9 Å². The number of anilines is 1. The first-order valence-corrected chi connectivity index (χ1v) is 13.1. The molecular formula is C30H32FN5O. The van der Waals surface area contributed by atoms with Crippen LogP contribution in [0.2, 0.25) is 0 Å². The monoisotopic (exact) mass is 497 g/mol. The van der Waals surface area contributed by atoms with E-state index in [0.717, 1.165) is 70.4 Å². The Bertz CT molecular complexity index is 1420. The van der Waals surface area contributed by atoms with Crippen LogP contribution in [-0.4, -0.2) is 52.6 Å². The molecule has 6 nitrogen and oxygen atoms in total. The van der Waals surface area contributed by atoms with Crippen LogP contribution >= 0.6 is 0 Å². The fraction of sp³-hybridized carbons (Fsp3) is 0.367. The van der Waals surface area contributed by atoms with Gasteiger partial charge in [-0.2, -0.15) is 0 Å². The van der Waals surface area contributed by atoms with Crippen molar-refractivity contribution in [2.45, 2.75) is 51.4 Å². The Balaban J connectivity index is 1.31. The molecule has 1 atom stereocenters. The number of piperidine rings is 1. The fourth-order valence-corrected chi connectivity index (χ4v) is 5.78. The van der Waals surface area contributed by atoms with Crippen molar-refractivity contribution < 1.29 is 9.18 Å². The van der Waals surface area contributed by atoms with Crippen molar-refractivity contribution in [2.75, 3.05) is 24.5 Å². The number of carbonyl (C=O) groups is 1. The summed E-state index contributed by atoms with van der Waals surface area (Å²) in [6, 6.07) is 10.5. The van der Waals surface area contributed by atoms with E-state index in [4.69, 9.17) is 10.7 Å². The van der Waals surface area contributed by atoms with Gasteiger partial charge in [0, 0.05) is 49.6 Å². The zero-order chi connectivity index (χ0) is 25.5. The molecule has 2 N–H and O–H groups in total. The van der Waals surface area contributed by atoms with E-state index in [1.165, 1.54) is 5.56 Å². The van der Waals surface area contributed by atoms with Gasteiger partial charge in [0.25, 0.3) is 5.91 Å². The highest BCUT2D eigenvalue weighted by molar-refractivity contribution is 5.95. The third kappa shape index (κ3) is 4.64. The zero-order valence-electron chi connectivity index (χ0n) is 21.2. The summed E-state index contributed by atoms with van der Waals surface area (Å²) in [4.78, 5) is 26.7. The first kappa shape index (κ1) is 23.8. The van der Waals surface area contributed by atoms with Gasteiger partial charge in [0.2, 0.25) is 0 Å². The van der Waals surface area contributed by atoms with E-state index in [0.29, 0.717) is 26.1 Å². The number of hydrogen-bond donors (Lipinski definition) is 1. The van der Waals surface area contributed by atoms with Crippen molar-refractivity contribution in [3.05, 3.63) is 82.7 Å². The Hall–Kier alpha value is -3.58. The molecule has 2 aliphatic heterocycles. The van der Waals surface area contributed by atoms with E-state index < -0.39 is 6.17 Å². The quantitative estimate of drug-likeness (QED) is 0.566. The van der Waals surface area contributed by atoms with E-state index in [1.807, 2.05) is 24.0 Å². The molecule has 1 amide bonds. The van der Waals surface area contributed by atoms with Gasteiger partial charge in [0.15, 0.2) is 0 Å². The summed E-state index contributed by atoms with van der Waals surface area (Å²) in [6.45, 7) is 4.98. The highest BCUT2D eigenvalue weighted by Gasteiger charge is 2.25. The molecule has 0 radical (unpaired) electrons. The fourth-order valence-electron chi connectivity index (χ4n) is 5.78. The summed E-state index contributed by atoms with van der Waals surface area (Å²) in [7, 11) is 0. The molecule has 3 aromatic rings. The first-order valence-electron chi connectivity index (χ1n) is 13.1. The number of likely N-dealkylation sites (tertiary alicyclic amines) is 1. The number of halogens is 1. The van der Waals surface area contributed by atoms with Gasteiger partial charge in [0.05, 0.1) is 5.52 Å². The second-order valence-corrected chi connectivity index (χ2v) is 10.5. The van der Waals surface area contributed by atoms with Crippen molar-refractivity contribution in [2.24, 2.45) is 5.73 Å². The lowest BCUT2D eigenvalue weighted by atomic mass is 9.93. The zero-order valence-corrected chi connectivity index (χ0v) is 21.2. The minimum Gasteiger partial charge on any atom is -0.351 e. The van der Waals surface area contributed by atoms with Crippen LogP contribution in [0.5, 0.6) is 0 Å². The molecular weight excluding hydrogens is 465 g/mol. The van der Waals surface area contributed by atoms with Gasteiger partial charge in [-0.25, -0.2) is 14.4 Å². The van der Waals surface area contributed by atoms with Crippen molar-refractivity contribution >= 4 is 28.2 Å². The summed E-state index contributed by atoms with van der Waals surface area (Å²) in [5, 5.41) is 0.976. The summed E-state index contributed by atoms with van der Waals surface area (Å²) in [5.41, 5.74) is 13.2. The molecule has 1 aliphatic carbocycles. The number of allylic oxidation sites excluding steroid dienone is 4. The van der Waals surface area contributed by atoms with Gasteiger partial charge < -0.3 is 15.5 Å². The Morgan fingerprint density at radius 3 is 2.73 bits per heavy atom. The number of amides is 1. The number of hydrogen-bond acceptors (Lipinski definition) is 5. The molecule has 3 heterocycles. The molecule has 1 saturated heterocycles. The Kier molecular flexibility index (Phi) is 6.24. The largest absolute Gasteiger partial charge is 0.351 e. The van der Waals surface area contributed by atoms with Gasteiger partial charge in [-0.15, -0.1) is 0 Å². The maximum atomic E-state index is 14.1. The molecule has 0 spiro atoms. The molecule has 0 saturated carbocycles. The topological polar surface area (TPSA) is 75.4 Å². The molecule has 6 rings (SSSR count). The number of alkyl halides is 1. The average Bonchev–Trinajstić information content (AvgIpc) is 2.92. The second kappa shape index (κ2) is 9.71. The predicted octanol–water partition coefficient (Wildman–Crippen LogP) is 4.75. The summed E-state index contributed by atoms with van der Waals surface area (Å²) < 4.78 is 14.1. The smallest absolute Gasteiger partial charge is 0.253 e. The van der Waals surface area contributed by atoms with E-state index in [1.54, 1.807) is 18.5 Å². The summed E-state index contributed by atoms with van der Waals surface area (Å²) in [6.07, 6.45) is 9.01. The van der Waals surface area contributed by atoms with Gasteiger partial charge >= 0.3 is 0 Å². The molecule has 2 aromatic carbocycles. The maximum absolute atomic E-state index is 14.1. The standard InChI is InChI=1S/C30H32FN5O/c1-19-13-23(21-3-2-4-25(31)15-21)16-27-28(19)33-18-34-29(27)36-10-7-20-5-6-22(14-24(20)17-36)30(37)35-11-8-26(32)9-12-35/h2-6,13-14,16,18,25-26H,7-12,15,17,32H2,1H3. The highest BCUT2D eigenvalue weighted by Crippen LogP contribution is 2.34. The molecule has 1 fully saturated rings. The Morgan fingerprint density at radius 2 is 1.92 bits per heavy atom. The lowest BCUT2D eigenvalue weighted by molar-refractivity contribution is 0.0714. The lowest BCUT2D eigenvalue weighted by Gasteiger charge is -2.32. The number of rotatable bonds is 3. The van der Waals surface area contributed by atoms with Crippen LogP contribution in [0, 0.1) is 6.92 Å². The number of aromatic nitrogens is 2. The van der Waals surface area contributed by atoms with Crippen LogP contribution in [-0.2, 0) is 13.0 Å². The summed E-state index contributed by atoms with van der Waals surface area (Å²) in [5.74, 6) is 0.964. The lowest BCUT2D eigenvalue weighted by Crippen LogP contribution is -2.43. The molecule has 37 heavy (non-hydrogen) atoms. The third-order valence-corrected chi connectivity index (χ3v) is 7.90. The van der Waals surface area contributed by atoms with E-state index in [2.05, 4.69) is 34.1 Å². The van der Waals surface area contributed by atoms with Gasteiger partial charge in [0.1, 0.15) is 18.3 Å². The molecule has 1 unspecified atom stereocenters. The van der Waals surface area contributed by atoms with Crippen LogP contribution in [0.1, 0.15) is 51.9 Å². The van der Waals surface area contributed by atoms with Crippen molar-refractivity contribution in [3.8, 4) is 0 Å². The highest BCUT2D eigenvalue weighted by atomic mass is 19.1. The minimum atomic E-state index is -0.959. The number of fused-ring (bicyclic) bond motifs is 2. The normalized spacial score (nSPS) is 20.2. The number of nitrogens with zero attached hydrogens (tertiary/aromatic N) is 4. The van der Waals surface area contributed by atoms with E-state index >= 15 is 0 Å². The number of benzene rings is 2. The van der Waals surface area contributed by atoms with Crippen LogP contribution in [0.25, 0.3) is 16.5 Å². The molecule has 7 heteroatoms. The van der Waals surface area contributed by atoms with Gasteiger partial charge in [-0.05, 0) is 78.3 Å². The van der Waals surface area contributed by atoms with Crippen molar-refractivity contribution in [1.82, 2.24) is 14.9 Å². The Labute approximate surface area is 216 Å². The summed E-state index contributed by atoms with van der Waals surface area (Å²) >= 11 is 0. The number of carbonyl (C=O) groups excluding carboxylic acids is 1. The van der Waals surface area contributed by atoms with Crippen molar-refractivity contribution in [3.63, 3.8) is 0 Å². The molecule has 0 bridgehead atoms. The van der Waals surface area contributed by atoms with E-state index in [9.17, 15) is 9.18 Å². The molecule has 3 aliphatic rings. The van der Waals surface area contributed by atoms with Crippen LogP contribution < -0.4 is 10.6 Å². The second-order valence-electron chi connectivity index (χ2n) is 10.5. The Morgan fingerprint density at radius 1 is 1.08 bits per heavy atom. The number of aryl methyl sites for hydroxylation is 1. The first-order chi connectivity index (χ1) is 18.0. The molecule has 190 valence electrons. The van der Waals surface area contributed by atoms with Crippen LogP contribution in [0.3, 0.4) is 0 Å². The van der Waals surface area contributed by atoms with Crippen LogP contribution in [0.15, 0.2) is 54.9 Å². The van der Waals surface area contributed by atoms with Gasteiger partial charge in [-0.3, -0.25) is 4.79 Å². The van der Waals surface area contributed by atoms with Gasteiger partial charge in [-0.1, -0.05) is 24.3 Å². The SMILES string of the molecule is Cc1cc(C2=CC=CC(F)C2)cc2c(N3CCc4ccc(C(=O)N5CCC(N)CC5)cc4C3)ncnc12. The van der Waals surface area contributed by atoms with Crippen LogP contribution in [0.4, 0.5) is 10.2 Å². The van der Waals surface area contributed by atoms with Crippen molar-refractivity contribution in [1.29, 1.82) is 0 Å².